The van der Waals surface area contributed by atoms with Crippen molar-refractivity contribution in [1.29, 1.82) is 0 Å². The van der Waals surface area contributed by atoms with Gasteiger partial charge in [-0.15, -0.1) is 0 Å². The van der Waals surface area contributed by atoms with Gasteiger partial charge in [-0.3, -0.25) is 4.79 Å². The molecule has 3 aromatic rings. The third kappa shape index (κ3) is 5.28. The van der Waals surface area contributed by atoms with Crippen LogP contribution in [0.3, 0.4) is 0 Å². The molecular weight excluding hydrogens is 376 g/mol. The maximum atomic E-state index is 12.1. The van der Waals surface area contributed by atoms with Crippen molar-refractivity contribution < 1.29 is 14.3 Å². The average Bonchev–Trinajstić information content (AvgIpc) is 2.69. The van der Waals surface area contributed by atoms with Crippen molar-refractivity contribution in [2.24, 2.45) is 5.10 Å². The van der Waals surface area contributed by atoms with Crippen molar-refractivity contribution in [1.82, 2.24) is 5.43 Å². The number of hydrazone groups is 1. The molecule has 1 N–H and O–H groups in total. The summed E-state index contributed by atoms with van der Waals surface area (Å²) in [4.78, 5) is 24.1. The van der Waals surface area contributed by atoms with Crippen LogP contribution in [-0.2, 0) is 0 Å². The molecule has 0 aliphatic rings. The molecule has 28 heavy (non-hydrogen) atoms. The molecule has 0 radical (unpaired) electrons. The highest BCUT2D eigenvalue weighted by Crippen LogP contribution is 2.16. The van der Waals surface area contributed by atoms with Crippen LogP contribution in [0.25, 0.3) is 0 Å². The minimum absolute atomic E-state index is 0.285. The number of esters is 1. The largest absolute Gasteiger partial charge is 0.423 e. The summed E-state index contributed by atoms with van der Waals surface area (Å²) in [5.74, 6) is -0.382. The highest BCUT2D eigenvalue weighted by molar-refractivity contribution is 6.30. The van der Waals surface area contributed by atoms with Crippen molar-refractivity contribution in [2.45, 2.75) is 6.92 Å². The zero-order valence-corrected chi connectivity index (χ0v) is 15.8. The van der Waals surface area contributed by atoms with Gasteiger partial charge in [0.1, 0.15) is 5.75 Å². The molecule has 0 saturated heterocycles. The molecule has 1 amide bonds. The van der Waals surface area contributed by atoms with Crippen molar-refractivity contribution in [2.75, 3.05) is 0 Å². The lowest BCUT2D eigenvalue weighted by Crippen LogP contribution is -2.17. The van der Waals surface area contributed by atoms with Crippen LogP contribution in [0.5, 0.6) is 5.75 Å². The first-order chi connectivity index (χ1) is 13.5. The molecule has 0 fully saturated rings. The predicted octanol–water partition coefficient (Wildman–Crippen LogP) is 4.63. The molecule has 140 valence electrons. The molecule has 0 aromatic heterocycles. The quantitative estimate of drug-likeness (QED) is 0.298. The van der Waals surface area contributed by atoms with Crippen molar-refractivity contribution in [3.63, 3.8) is 0 Å². The number of rotatable bonds is 5. The van der Waals surface area contributed by atoms with E-state index < -0.39 is 5.97 Å². The van der Waals surface area contributed by atoms with E-state index >= 15 is 0 Å². The Labute approximate surface area is 167 Å². The lowest BCUT2D eigenvalue weighted by atomic mass is 10.1. The van der Waals surface area contributed by atoms with Gasteiger partial charge in [0.2, 0.25) is 0 Å². The van der Waals surface area contributed by atoms with E-state index in [0.29, 0.717) is 21.9 Å². The van der Waals surface area contributed by atoms with Gasteiger partial charge in [-0.05, 0) is 67.1 Å². The molecule has 3 aromatic carbocycles. The molecule has 0 saturated carbocycles. The molecule has 0 aliphatic carbocycles. The van der Waals surface area contributed by atoms with Gasteiger partial charge in [-0.25, -0.2) is 10.2 Å². The number of hydrogen-bond acceptors (Lipinski definition) is 4. The third-order valence-corrected chi connectivity index (χ3v) is 4.05. The maximum Gasteiger partial charge on any atom is 0.343 e. The second-order valence-electron chi connectivity index (χ2n) is 6.04. The molecule has 0 spiro atoms. The highest BCUT2D eigenvalue weighted by Gasteiger charge is 2.09. The standard InChI is InChI=1S/C22H17ClN2O3/c1-15-4-2-5-17(12-15)21(26)25-24-14-16-8-10-20(11-9-16)28-22(27)18-6-3-7-19(23)13-18/h2-14H,1H3,(H,25,26). The molecule has 0 bridgehead atoms. The van der Waals surface area contributed by atoms with E-state index in [2.05, 4.69) is 10.5 Å². The van der Waals surface area contributed by atoms with E-state index in [1.54, 1.807) is 60.7 Å². The summed E-state index contributed by atoms with van der Waals surface area (Å²) >= 11 is 5.88. The Morgan fingerprint density at radius 2 is 1.68 bits per heavy atom. The van der Waals surface area contributed by atoms with Crippen molar-refractivity contribution in [3.05, 3.63) is 100 Å². The Morgan fingerprint density at radius 1 is 0.964 bits per heavy atom. The second kappa shape index (κ2) is 8.97. The van der Waals surface area contributed by atoms with Crippen LogP contribution in [-0.4, -0.2) is 18.1 Å². The lowest BCUT2D eigenvalue weighted by molar-refractivity contribution is 0.0734. The summed E-state index contributed by atoms with van der Waals surface area (Å²) in [7, 11) is 0. The van der Waals surface area contributed by atoms with E-state index in [4.69, 9.17) is 16.3 Å². The Morgan fingerprint density at radius 3 is 2.39 bits per heavy atom. The van der Waals surface area contributed by atoms with Crippen LogP contribution in [0.1, 0.15) is 31.8 Å². The van der Waals surface area contributed by atoms with Crippen LogP contribution in [0.15, 0.2) is 77.9 Å². The van der Waals surface area contributed by atoms with Gasteiger partial charge < -0.3 is 4.74 Å². The molecule has 5 nitrogen and oxygen atoms in total. The molecule has 0 atom stereocenters. The predicted molar refractivity (Wildman–Crippen MR) is 109 cm³/mol. The summed E-state index contributed by atoms with van der Waals surface area (Å²) in [5, 5.41) is 4.41. The van der Waals surface area contributed by atoms with Crippen LogP contribution >= 0.6 is 11.6 Å². The average molecular weight is 393 g/mol. The van der Waals surface area contributed by atoms with E-state index in [0.717, 1.165) is 11.1 Å². The van der Waals surface area contributed by atoms with Gasteiger partial charge in [-0.2, -0.15) is 5.10 Å². The fourth-order valence-corrected chi connectivity index (χ4v) is 2.61. The minimum atomic E-state index is -0.491. The topological polar surface area (TPSA) is 67.8 Å². The number of carbonyl (C=O) groups excluding carboxylic acids is 2. The van der Waals surface area contributed by atoms with E-state index in [-0.39, 0.29) is 5.91 Å². The van der Waals surface area contributed by atoms with E-state index in [1.807, 2.05) is 19.1 Å². The maximum absolute atomic E-state index is 12.1. The second-order valence-corrected chi connectivity index (χ2v) is 6.47. The van der Waals surface area contributed by atoms with E-state index in [9.17, 15) is 9.59 Å². The third-order valence-electron chi connectivity index (χ3n) is 3.81. The molecule has 3 rings (SSSR count). The number of ether oxygens (including phenoxy) is 1. The lowest BCUT2D eigenvalue weighted by Gasteiger charge is -2.05. The fraction of sp³-hybridized carbons (Fsp3) is 0.0455. The zero-order chi connectivity index (χ0) is 19.9. The molecule has 6 heteroatoms. The van der Waals surface area contributed by atoms with Crippen LogP contribution in [0, 0.1) is 6.92 Å². The molecule has 0 unspecified atom stereocenters. The van der Waals surface area contributed by atoms with Gasteiger partial charge in [0.25, 0.3) is 5.91 Å². The van der Waals surface area contributed by atoms with Crippen LogP contribution < -0.4 is 10.2 Å². The van der Waals surface area contributed by atoms with Gasteiger partial charge in [-0.1, -0.05) is 35.4 Å². The summed E-state index contributed by atoms with van der Waals surface area (Å²) in [5.41, 5.74) is 5.14. The number of amides is 1. The smallest absolute Gasteiger partial charge is 0.343 e. The van der Waals surface area contributed by atoms with Crippen molar-refractivity contribution in [3.8, 4) is 5.75 Å². The molecule has 0 heterocycles. The Hall–Kier alpha value is -3.44. The first kappa shape index (κ1) is 19.3. The summed E-state index contributed by atoms with van der Waals surface area (Å²) < 4.78 is 5.31. The number of nitrogens with one attached hydrogen (secondary N) is 1. The Bertz CT molecular complexity index is 1030. The Kier molecular flexibility index (Phi) is 6.19. The number of benzene rings is 3. The number of hydrogen-bond donors (Lipinski definition) is 1. The van der Waals surface area contributed by atoms with Gasteiger partial charge in [0, 0.05) is 10.6 Å². The molecular formula is C22H17ClN2O3. The van der Waals surface area contributed by atoms with Gasteiger partial charge in [0.15, 0.2) is 0 Å². The minimum Gasteiger partial charge on any atom is -0.423 e. The summed E-state index contributed by atoms with van der Waals surface area (Å²) in [6.45, 7) is 1.92. The first-order valence-corrected chi connectivity index (χ1v) is 8.87. The molecule has 0 aliphatic heterocycles. The SMILES string of the molecule is Cc1cccc(C(=O)NN=Cc2ccc(OC(=O)c3cccc(Cl)c3)cc2)c1. The summed E-state index contributed by atoms with van der Waals surface area (Å²) in [6, 6.07) is 20.5. The summed E-state index contributed by atoms with van der Waals surface area (Å²) in [6.07, 6.45) is 1.51. The zero-order valence-electron chi connectivity index (χ0n) is 15.1. The number of aryl methyl sites for hydroxylation is 1. The fourth-order valence-electron chi connectivity index (χ4n) is 2.42. The van der Waals surface area contributed by atoms with Crippen molar-refractivity contribution >= 4 is 29.7 Å². The first-order valence-electron chi connectivity index (χ1n) is 8.49. The number of carbonyl (C=O) groups is 2. The number of halogens is 1. The van der Waals surface area contributed by atoms with Crippen LogP contribution in [0.2, 0.25) is 5.02 Å². The normalized spacial score (nSPS) is 10.6. The number of nitrogens with zero attached hydrogens (tertiary/aromatic N) is 1. The van der Waals surface area contributed by atoms with Crippen LogP contribution in [0.4, 0.5) is 0 Å². The highest BCUT2D eigenvalue weighted by atomic mass is 35.5. The monoisotopic (exact) mass is 392 g/mol. The van der Waals surface area contributed by atoms with Gasteiger partial charge >= 0.3 is 5.97 Å². The van der Waals surface area contributed by atoms with E-state index in [1.165, 1.54) is 6.21 Å². The Balaban J connectivity index is 1.57. The van der Waals surface area contributed by atoms with Gasteiger partial charge in [0.05, 0.1) is 11.8 Å².